The summed E-state index contributed by atoms with van der Waals surface area (Å²) in [5.41, 5.74) is 4.77. The van der Waals surface area contributed by atoms with Gasteiger partial charge in [0, 0.05) is 17.2 Å². The van der Waals surface area contributed by atoms with Crippen LogP contribution in [0.3, 0.4) is 0 Å². The third-order valence-corrected chi connectivity index (χ3v) is 5.21. The third-order valence-electron chi connectivity index (χ3n) is 5.21. The lowest BCUT2D eigenvalue weighted by Gasteiger charge is -2.22. The molecule has 1 amide bonds. The zero-order valence-electron chi connectivity index (χ0n) is 15.6. The second kappa shape index (κ2) is 7.74. The Labute approximate surface area is 159 Å². The van der Waals surface area contributed by atoms with Gasteiger partial charge in [0.15, 0.2) is 0 Å². The summed E-state index contributed by atoms with van der Waals surface area (Å²) in [6.07, 6.45) is 7.62. The molecule has 1 aromatic heterocycles. The molecule has 0 aliphatic heterocycles. The van der Waals surface area contributed by atoms with Crippen LogP contribution >= 0.6 is 0 Å². The van der Waals surface area contributed by atoms with E-state index in [0.717, 1.165) is 29.8 Å². The van der Waals surface area contributed by atoms with Crippen LogP contribution in [0.15, 0.2) is 54.7 Å². The van der Waals surface area contributed by atoms with Crippen molar-refractivity contribution >= 4 is 5.91 Å². The van der Waals surface area contributed by atoms with E-state index in [4.69, 9.17) is 0 Å². The Hall–Kier alpha value is -2.95. The Morgan fingerprint density at radius 3 is 2.41 bits per heavy atom. The van der Waals surface area contributed by atoms with Crippen molar-refractivity contribution in [2.75, 3.05) is 0 Å². The van der Waals surface area contributed by atoms with Crippen LogP contribution < -0.4 is 5.32 Å². The van der Waals surface area contributed by atoms with E-state index < -0.39 is 0 Å². The number of aromatic nitrogens is 3. The molecular formula is C22H24N4O. The quantitative estimate of drug-likeness (QED) is 0.754. The van der Waals surface area contributed by atoms with Gasteiger partial charge in [-0.3, -0.25) is 4.79 Å². The van der Waals surface area contributed by atoms with Gasteiger partial charge in [-0.1, -0.05) is 54.3 Å². The smallest absolute Gasteiger partial charge is 0.251 e. The van der Waals surface area contributed by atoms with Gasteiger partial charge in [-0.2, -0.15) is 0 Å². The Kier molecular flexibility index (Phi) is 5.01. The van der Waals surface area contributed by atoms with E-state index in [1.807, 2.05) is 24.3 Å². The molecule has 1 saturated carbocycles. The summed E-state index contributed by atoms with van der Waals surface area (Å²) in [5.74, 6) is 0.00537. The number of carbonyl (C=O) groups is 1. The minimum absolute atomic E-state index is 0.00537. The molecule has 0 saturated heterocycles. The van der Waals surface area contributed by atoms with Gasteiger partial charge in [0.2, 0.25) is 0 Å². The first-order valence-electron chi connectivity index (χ1n) is 9.60. The fraction of sp³-hybridized carbons (Fsp3) is 0.318. The average molecular weight is 360 g/mol. The molecule has 0 bridgehead atoms. The lowest BCUT2D eigenvalue weighted by atomic mass is 9.95. The van der Waals surface area contributed by atoms with Crippen LogP contribution in [0, 0.1) is 6.92 Å². The van der Waals surface area contributed by atoms with Gasteiger partial charge < -0.3 is 5.32 Å². The molecule has 0 atom stereocenters. The number of hydrogen-bond donors (Lipinski definition) is 1. The summed E-state index contributed by atoms with van der Waals surface area (Å²) in [6.45, 7) is 2.07. The molecule has 4 rings (SSSR count). The Morgan fingerprint density at radius 1 is 1.00 bits per heavy atom. The highest BCUT2D eigenvalue weighted by molar-refractivity contribution is 5.94. The SMILES string of the molecule is Cc1ccc(-c2cnnn2-c2ccc(C(=O)NC3CCCCC3)cc2)cc1. The van der Waals surface area contributed by atoms with Crippen molar-refractivity contribution in [2.24, 2.45) is 0 Å². The summed E-state index contributed by atoms with van der Waals surface area (Å²) >= 11 is 0. The Balaban J connectivity index is 1.52. The van der Waals surface area contributed by atoms with Crippen LogP contribution in [0.4, 0.5) is 0 Å². The van der Waals surface area contributed by atoms with Crippen molar-refractivity contribution in [2.45, 2.75) is 45.1 Å². The van der Waals surface area contributed by atoms with E-state index in [9.17, 15) is 4.79 Å². The van der Waals surface area contributed by atoms with E-state index in [2.05, 4.69) is 46.8 Å². The summed E-state index contributed by atoms with van der Waals surface area (Å²) in [4.78, 5) is 12.5. The van der Waals surface area contributed by atoms with Crippen LogP contribution in [0.2, 0.25) is 0 Å². The third kappa shape index (κ3) is 3.92. The van der Waals surface area contributed by atoms with Crippen LogP contribution in [-0.2, 0) is 0 Å². The van der Waals surface area contributed by atoms with Gasteiger partial charge in [-0.25, -0.2) is 4.68 Å². The van der Waals surface area contributed by atoms with Crippen molar-refractivity contribution in [1.29, 1.82) is 0 Å². The van der Waals surface area contributed by atoms with Gasteiger partial charge in [-0.05, 0) is 44.0 Å². The minimum Gasteiger partial charge on any atom is -0.349 e. The molecule has 2 aromatic carbocycles. The molecule has 1 heterocycles. The standard InChI is InChI=1S/C22H24N4O/c1-16-7-9-17(10-8-16)21-15-23-25-26(21)20-13-11-18(12-14-20)22(27)24-19-5-3-2-4-6-19/h7-15,19H,2-6H2,1H3,(H,24,27). The van der Waals surface area contributed by atoms with Gasteiger partial charge in [0.1, 0.15) is 0 Å². The van der Waals surface area contributed by atoms with E-state index in [1.165, 1.54) is 24.8 Å². The fourth-order valence-corrected chi connectivity index (χ4v) is 3.62. The van der Waals surface area contributed by atoms with Crippen molar-refractivity contribution in [3.8, 4) is 16.9 Å². The first-order chi connectivity index (χ1) is 13.2. The van der Waals surface area contributed by atoms with Gasteiger partial charge in [0.25, 0.3) is 5.91 Å². The largest absolute Gasteiger partial charge is 0.349 e. The molecule has 5 nitrogen and oxygen atoms in total. The highest BCUT2D eigenvalue weighted by Gasteiger charge is 2.17. The molecular weight excluding hydrogens is 336 g/mol. The second-order valence-corrected chi connectivity index (χ2v) is 7.25. The number of nitrogens with zero attached hydrogens (tertiary/aromatic N) is 3. The maximum absolute atomic E-state index is 12.5. The summed E-state index contributed by atoms with van der Waals surface area (Å²) in [6, 6.07) is 16.1. The number of carbonyl (C=O) groups excluding carboxylic acids is 1. The molecule has 3 aromatic rings. The molecule has 0 unspecified atom stereocenters. The molecule has 1 aliphatic rings. The lowest BCUT2D eigenvalue weighted by Crippen LogP contribution is -2.36. The highest BCUT2D eigenvalue weighted by Crippen LogP contribution is 2.22. The van der Waals surface area contributed by atoms with Gasteiger partial charge in [-0.15, -0.1) is 5.10 Å². The second-order valence-electron chi connectivity index (χ2n) is 7.25. The van der Waals surface area contributed by atoms with E-state index >= 15 is 0 Å². The first-order valence-corrected chi connectivity index (χ1v) is 9.60. The average Bonchev–Trinajstić information content (AvgIpc) is 3.19. The molecule has 138 valence electrons. The maximum atomic E-state index is 12.5. The van der Waals surface area contributed by atoms with Crippen molar-refractivity contribution in [3.63, 3.8) is 0 Å². The Morgan fingerprint density at radius 2 is 1.70 bits per heavy atom. The van der Waals surface area contributed by atoms with Gasteiger partial charge >= 0.3 is 0 Å². The first kappa shape index (κ1) is 17.5. The topological polar surface area (TPSA) is 59.8 Å². The van der Waals surface area contributed by atoms with Crippen LogP contribution in [-0.4, -0.2) is 26.9 Å². The normalized spacial score (nSPS) is 14.9. The molecule has 1 N–H and O–H groups in total. The van der Waals surface area contributed by atoms with Crippen LogP contribution in [0.1, 0.15) is 48.0 Å². The lowest BCUT2D eigenvalue weighted by molar-refractivity contribution is 0.0927. The summed E-state index contributed by atoms with van der Waals surface area (Å²) < 4.78 is 1.80. The Bertz CT molecular complexity index is 906. The zero-order valence-corrected chi connectivity index (χ0v) is 15.6. The molecule has 1 aliphatic carbocycles. The van der Waals surface area contributed by atoms with Gasteiger partial charge in [0.05, 0.1) is 17.6 Å². The predicted octanol–water partition coefficient (Wildman–Crippen LogP) is 4.31. The highest BCUT2D eigenvalue weighted by atomic mass is 16.1. The minimum atomic E-state index is 0.00537. The predicted molar refractivity (Wildman–Crippen MR) is 106 cm³/mol. The molecule has 0 radical (unpaired) electrons. The number of amides is 1. The number of aryl methyl sites for hydroxylation is 1. The summed E-state index contributed by atoms with van der Waals surface area (Å²) in [5, 5.41) is 11.4. The van der Waals surface area contributed by atoms with E-state index in [-0.39, 0.29) is 5.91 Å². The van der Waals surface area contributed by atoms with E-state index in [0.29, 0.717) is 11.6 Å². The van der Waals surface area contributed by atoms with Crippen molar-refractivity contribution in [1.82, 2.24) is 20.3 Å². The van der Waals surface area contributed by atoms with Crippen LogP contribution in [0.25, 0.3) is 16.9 Å². The number of benzene rings is 2. The summed E-state index contributed by atoms with van der Waals surface area (Å²) in [7, 11) is 0. The van der Waals surface area contributed by atoms with Crippen molar-refractivity contribution in [3.05, 3.63) is 65.9 Å². The zero-order chi connectivity index (χ0) is 18.6. The molecule has 0 spiro atoms. The monoisotopic (exact) mass is 360 g/mol. The van der Waals surface area contributed by atoms with Crippen LogP contribution in [0.5, 0.6) is 0 Å². The number of rotatable bonds is 4. The fourth-order valence-electron chi connectivity index (χ4n) is 3.62. The molecule has 5 heteroatoms. The van der Waals surface area contributed by atoms with E-state index in [1.54, 1.807) is 10.9 Å². The number of hydrogen-bond acceptors (Lipinski definition) is 3. The van der Waals surface area contributed by atoms with Crippen molar-refractivity contribution < 1.29 is 4.79 Å². The maximum Gasteiger partial charge on any atom is 0.251 e. The molecule has 1 fully saturated rings. The number of nitrogens with one attached hydrogen (secondary N) is 1. The molecule has 27 heavy (non-hydrogen) atoms.